The first-order valence-corrected chi connectivity index (χ1v) is 9.35. The first kappa shape index (κ1) is 18.0. The van der Waals surface area contributed by atoms with Gasteiger partial charge in [0.1, 0.15) is 12.7 Å². The highest BCUT2D eigenvalue weighted by Crippen LogP contribution is 2.14. The standard InChI is InChI=1S/C16H18N6O3S/c1-12-3-4-14(9-13(12)2)26(24,25)19-7-8-21-16(23)6-5-15(20-21)22-11-17-10-18-22/h3-6,9-11,19H,7-8H2,1-2H3. The van der Waals surface area contributed by atoms with Gasteiger partial charge in [-0.2, -0.15) is 5.10 Å². The van der Waals surface area contributed by atoms with Crippen molar-refractivity contribution in [1.29, 1.82) is 0 Å². The number of rotatable bonds is 6. The molecule has 0 saturated carbocycles. The van der Waals surface area contributed by atoms with Crippen LogP contribution in [0.15, 0.2) is 52.7 Å². The van der Waals surface area contributed by atoms with E-state index < -0.39 is 10.0 Å². The summed E-state index contributed by atoms with van der Waals surface area (Å²) in [5.74, 6) is 0.416. The average Bonchev–Trinajstić information content (AvgIpc) is 3.13. The number of aryl methyl sites for hydroxylation is 2. The zero-order chi connectivity index (χ0) is 18.7. The summed E-state index contributed by atoms with van der Waals surface area (Å²) in [6.45, 7) is 3.89. The average molecular weight is 374 g/mol. The fraction of sp³-hybridized carbons (Fsp3) is 0.250. The SMILES string of the molecule is Cc1ccc(S(=O)(=O)NCCn2nc(-n3cncn3)ccc2=O)cc1C. The Bertz CT molecular complexity index is 1070. The van der Waals surface area contributed by atoms with E-state index in [-0.39, 0.29) is 23.5 Å². The van der Waals surface area contributed by atoms with Crippen LogP contribution in [-0.2, 0) is 16.6 Å². The van der Waals surface area contributed by atoms with Gasteiger partial charge in [-0.1, -0.05) is 6.07 Å². The molecule has 26 heavy (non-hydrogen) atoms. The highest BCUT2D eigenvalue weighted by Gasteiger charge is 2.14. The molecule has 0 atom stereocenters. The van der Waals surface area contributed by atoms with Crippen LogP contribution in [-0.4, -0.2) is 39.5 Å². The highest BCUT2D eigenvalue weighted by atomic mass is 32.2. The third-order valence-corrected chi connectivity index (χ3v) is 5.37. The summed E-state index contributed by atoms with van der Waals surface area (Å²) in [4.78, 5) is 15.9. The van der Waals surface area contributed by atoms with Gasteiger partial charge in [0.25, 0.3) is 5.56 Å². The molecule has 3 rings (SSSR count). The Labute approximate surface area is 150 Å². The Morgan fingerprint density at radius 3 is 2.62 bits per heavy atom. The lowest BCUT2D eigenvalue weighted by Crippen LogP contribution is -2.32. The Hall–Kier alpha value is -2.85. The fourth-order valence-corrected chi connectivity index (χ4v) is 3.40. The number of hydrogen-bond acceptors (Lipinski definition) is 6. The minimum absolute atomic E-state index is 0.0307. The van der Waals surface area contributed by atoms with Crippen LogP contribution in [0, 0.1) is 13.8 Å². The van der Waals surface area contributed by atoms with Gasteiger partial charge in [0, 0.05) is 12.6 Å². The van der Waals surface area contributed by atoms with Gasteiger partial charge in [-0.15, -0.1) is 5.10 Å². The van der Waals surface area contributed by atoms with Crippen LogP contribution in [0.4, 0.5) is 0 Å². The maximum absolute atomic E-state index is 12.4. The molecule has 2 heterocycles. The second kappa shape index (κ2) is 7.18. The van der Waals surface area contributed by atoms with Crippen LogP contribution in [0.2, 0.25) is 0 Å². The Balaban J connectivity index is 1.72. The van der Waals surface area contributed by atoms with Crippen molar-refractivity contribution in [3.63, 3.8) is 0 Å². The van der Waals surface area contributed by atoms with Gasteiger partial charge in [0.15, 0.2) is 5.82 Å². The molecule has 0 aliphatic heterocycles. The van der Waals surface area contributed by atoms with Crippen molar-refractivity contribution < 1.29 is 8.42 Å². The van der Waals surface area contributed by atoms with E-state index in [1.807, 2.05) is 13.8 Å². The van der Waals surface area contributed by atoms with Crippen molar-refractivity contribution in [2.45, 2.75) is 25.3 Å². The summed E-state index contributed by atoms with van der Waals surface area (Å²) in [7, 11) is -3.66. The second-order valence-electron chi connectivity index (χ2n) is 5.74. The van der Waals surface area contributed by atoms with E-state index in [1.54, 1.807) is 18.2 Å². The summed E-state index contributed by atoms with van der Waals surface area (Å²) in [6.07, 6.45) is 2.81. The van der Waals surface area contributed by atoms with E-state index in [9.17, 15) is 13.2 Å². The maximum atomic E-state index is 12.4. The minimum atomic E-state index is -3.66. The van der Waals surface area contributed by atoms with E-state index in [2.05, 4.69) is 19.9 Å². The van der Waals surface area contributed by atoms with Crippen molar-refractivity contribution >= 4 is 10.0 Å². The van der Waals surface area contributed by atoms with Crippen LogP contribution in [0.25, 0.3) is 5.82 Å². The molecule has 0 bridgehead atoms. The molecule has 136 valence electrons. The molecule has 0 radical (unpaired) electrons. The molecular formula is C16H18N6O3S. The molecule has 0 spiro atoms. The summed E-state index contributed by atoms with van der Waals surface area (Å²) >= 11 is 0. The number of hydrogen-bond donors (Lipinski definition) is 1. The molecule has 0 fully saturated rings. The van der Waals surface area contributed by atoms with Crippen LogP contribution < -0.4 is 10.3 Å². The van der Waals surface area contributed by atoms with Crippen molar-refractivity contribution in [2.24, 2.45) is 0 Å². The quantitative estimate of drug-likeness (QED) is 0.669. The van der Waals surface area contributed by atoms with Gasteiger partial charge in [-0.25, -0.2) is 27.5 Å². The first-order valence-electron chi connectivity index (χ1n) is 7.87. The van der Waals surface area contributed by atoms with Gasteiger partial charge in [0.05, 0.1) is 11.4 Å². The Morgan fingerprint density at radius 2 is 1.92 bits per heavy atom. The number of benzene rings is 1. The van der Waals surface area contributed by atoms with Crippen molar-refractivity contribution in [3.05, 3.63) is 64.5 Å². The number of nitrogens with zero attached hydrogens (tertiary/aromatic N) is 5. The van der Waals surface area contributed by atoms with Crippen LogP contribution in [0.5, 0.6) is 0 Å². The van der Waals surface area contributed by atoms with Crippen molar-refractivity contribution in [1.82, 2.24) is 29.3 Å². The van der Waals surface area contributed by atoms with Gasteiger partial charge in [-0.05, 0) is 43.2 Å². The molecule has 9 nitrogen and oxygen atoms in total. The third-order valence-electron chi connectivity index (χ3n) is 3.91. The molecule has 1 aromatic carbocycles. The Morgan fingerprint density at radius 1 is 1.12 bits per heavy atom. The van der Waals surface area contributed by atoms with E-state index in [1.165, 1.54) is 34.2 Å². The van der Waals surface area contributed by atoms with Gasteiger partial charge < -0.3 is 0 Å². The largest absolute Gasteiger partial charge is 0.268 e. The lowest BCUT2D eigenvalue weighted by molar-refractivity contribution is 0.542. The highest BCUT2D eigenvalue weighted by molar-refractivity contribution is 7.89. The lowest BCUT2D eigenvalue weighted by Gasteiger charge is -2.10. The molecule has 10 heteroatoms. The van der Waals surface area contributed by atoms with Crippen molar-refractivity contribution in [2.75, 3.05) is 6.54 Å². The van der Waals surface area contributed by atoms with E-state index >= 15 is 0 Å². The molecule has 3 aromatic rings. The first-order chi connectivity index (χ1) is 12.4. The predicted octanol–water partition coefficient (Wildman–Crippen LogP) is 0.419. The minimum Gasteiger partial charge on any atom is -0.268 e. The maximum Gasteiger partial charge on any atom is 0.266 e. The molecule has 2 aromatic heterocycles. The van der Waals surface area contributed by atoms with Gasteiger partial charge in [0.2, 0.25) is 10.0 Å². The number of nitrogens with one attached hydrogen (secondary N) is 1. The molecule has 0 aliphatic carbocycles. The van der Waals surface area contributed by atoms with Gasteiger partial charge in [-0.3, -0.25) is 4.79 Å². The smallest absolute Gasteiger partial charge is 0.266 e. The van der Waals surface area contributed by atoms with Crippen LogP contribution in [0.1, 0.15) is 11.1 Å². The zero-order valence-electron chi connectivity index (χ0n) is 14.3. The van der Waals surface area contributed by atoms with E-state index in [0.717, 1.165) is 11.1 Å². The lowest BCUT2D eigenvalue weighted by atomic mass is 10.1. The summed E-state index contributed by atoms with van der Waals surface area (Å²) in [6, 6.07) is 7.81. The summed E-state index contributed by atoms with van der Waals surface area (Å²) in [5, 5.41) is 8.11. The predicted molar refractivity (Wildman–Crippen MR) is 94.5 cm³/mol. The third kappa shape index (κ3) is 3.86. The van der Waals surface area contributed by atoms with Crippen LogP contribution >= 0.6 is 0 Å². The molecule has 0 amide bonds. The number of aromatic nitrogens is 5. The summed E-state index contributed by atoms with van der Waals surface area (Å²) < 4.78 is 29.8. The Kier molecular flexibility index (Phi) is 4.96. The van der Waals surface area contributed by atoms with E-state index in [4.69, 9.17) is 0 Å². The monoisotopic (exact) mass is 374 g/mol. The second-order valence-corrected chi connectivity index (χ2v) is 7.50. The van der Waals surface area contributed by atoms with Crippen LogP contribution in [0.3, 0.4) is 0 Å². The molecule has 1 N–H and O–H groups in total. The molecule has 0 saturated heterocycles. The van der Waals surface area contributed by atoms with E-state index in [0.29, 0.717) is 5.82 Å². The number of sulfonamides is 1. The normalized spacial score (nSPS) is 11.6. The molecular weight excluding hydrogens is 356 g/mol. The molecule has 0 unspecified atom stereocenters. The molecule has 0 aliphatic rings. The summed E-state index contributed by atoms with van der Waals surface area (Å²) in [5.41, 5.74) is 1.58. The topological polar surface area (TPSA) is 112 Å². The van der Waals surface area contributed by atoms with Gasteiger partial charge >= 0.3 is 0 Å². The fourth-order valence-electron chi connectivity index (χ4n) is 2.30. The van der Waals surface area contributed by atoms with Crippen molar-refractivity contribution in [3.8, 4) is 5.82 Å². The zero-order valence-corrected chi connectivity index (χ0v) is 15.1.